The van der Waals surface area contributed by atoms with Crippen molar-refractivity contribution >= 4 is 5.91 Å². The zero-order valence-electron chi connectivity index (χ0n) is 7.58. The fourth-order valence-corrected chi connectivity index (χ4v) is 1.04. The predicted molar refractivity (Wildman–Crippen MR) is 53.2 cm³/mol. The Morgan fingerprint density at radius 1 is 1.46 bits per heavy atom. The van der Waals surface area contributed by atoms with Gasteiger partial charge in [-0.1, -0.05) is 25.1 Å². The molecule has 2 nitrogen and oxygen atoms in total. The molecule has 0 heterocycles. The van der Waals surface area contributed by atoms with Crippen molar-refractivity contribution in [1.82, 2.24) is 0 Å². The number of primary amides is 1. The van der Waals surface area contributed by atoms with Gasteiger partial charge in [0.15, 0.2) is 0 Å². The molecule has 0 aliphatic heterocycles. The Kier molecular flexibility index (Phi) is 2.85. The van der Waals surface area contributed by atoms with Gasteiger partial charge in [-0.3, -0.25) is 4.79 Å². The van der Waals surface area contributed by atoms with Gasteiger partial charge in [-0.15, -0.1) is 6.58 Å². The average Bonchev–Trinajstić information content (AvgIpc) is 2.17. The lowest BCUT2D eigenvalue weighted by atomic mass is 9.99. The minimum absolute atomic E-state index is 0.404. The van der Waals surface area contributed by atoms with Crippen LogP contribution in [0, 0.1) is 5.92 Å². The largest absolute Gasteiger partial charge is 0.366 e. The van der Waals surface area contributed by atoms with Crippen molar-refractivity contribution < 1.29 is 4.79 Å². The van der Waals surface area contributed by atoms with Gasteiger partial charge in [0, 0.05) is 11.5 Å². The summed E-state index contributed by atoms with van der Waals surface area (Å²) in [6.07, 6.45) is 1.75. The molecular weight excluding hydrogens is 162 g/mol. The summed E-state index contributed by atoms with van der Waals surface area (Å²) in [6, 6.07) is 7.19. The molecule has 13 heavy (non-hydrogen) atoms. The first-order valence-corrected chi connectivity index (χ1v) is 4.01. The maximum absolute atomic E-state index is 10.9. The molecule has 0 bridgehead atoms. The van der Waals surface area contributed by atoms with Crippen LogP contribution in [0.3, 0.4) is 0 Å². The number of nitrogens with two attached hydrogens (primary N) is 1. The zero-order chi connectivity index (χ0) is 9.84. The Bertz CT molecular complexity index is 331. The quantitative estimate of drug-likeness (QED) is 0.747. The third-order valence-corrected chi connectivity index (χ3v) is 1.91. The summed E-state index contributed by atoms with van der Waals surface area (Å²) in [4.78, 5) is 10.9. The van der Waals surface area contributed by atoms with E-state index in [0.29, 0.717) is 5.56 Å². The van der Waals surface area contributed by atoms with Crippen molar-refractivity contribution in [2.45, 2.75) is 6.92 Å². The minimum Gasteiger partial charge on any atom is -0.366 e. The van der Waals surface area contributed by atoms with Crippen LogP contribution in [0.15, 0.2) is 36.9 Å². The Labute approximate surface area is 78.1 Å². The van der Waals surface area contributed by atoms with Crippen LogP contribution < -0.4 is 5.73 Å². The number of hydrogen-bond donors (Lipinski definition) is 1. The number of rotatable bonds is 3. The molecule has 0 aliphatic rings. The highest BCUT2D eigenvalue weighted by molar-refractivity contribution is 5.93. The van der Waals surface area contributed by atoms with E-state index in [4.69, 9.17) is 5.73 Å². The van der Waals surface area contributed by atoms with Crippen molar-refractivity contribution in [1.29, 1.82) is 0 Å². The van der Waals surface area contributed by atoms with Gasteiger partial charge in [0.05, 0.1) is 0 Å². The Morgan fingerprint density at radius 2 is 2.08 bits per heavy atom. The second kappa shape index (κ2) is 3.90. The SMILES string of the molecule is C=C[C](C)c1cccc(C(N)=O)c1. The lowest BCUT2D eigenvalue weighted by Crippen LogP contribution is -2.11. The molecule has 2 heteroatoms. The number of hydrogen-bond acceptors (Lipinski definition) is 1. The fourth-order valence-electron chi connectivity index (χ4n) is 1.04. The summed E-state index contributed by atoms with van der Waals surface area (Å²) in [5.41, 5.74) is 6.65. The maximum atomic E-state index is 10.9. The van der Waals surface area contributed by atoms with Crippen LogP contribution in [0.25, 0.3) is 0 Å². The normalized spacial score (nSPS) is 10.0. The van der Waals surface area contributed by atoms with E-state index in [1.165, 1.54) is 0 Å². The van der Waals surface area contributed by atoms with Gasteiger partial charge < -0.3 is 5.73 Å². The third kappa shape index (κ3) is 2.18. The van der Waals surface area contributed by atoms with Gasteiger partial charge in [0.2, 0.25) is 5.91 Å². The summed E-state index contributed by atoms with van der Waals surface area (Å²) in [5, 5.41) is 0. The van der Waals surface area contributed by atoms with E-state index in [0.717, 1.165) is 11.5 Å². The number of carbonyl (C=O) groups is 1. The molecule has 0 aliphatic carbocycles. The molecular formula is C11H12NO. The molecule has 0 unspecified atom stereocenters. The zero-order valence-corrected chi connectivity index (χ0v) is 7.58. The topological polar surface area (TPSA) is 43.1 Å². The molecule has 1 rings (SSSR count). The van der Waals surface area contributed by atoms with Crippen LogP contribution in [0.1, 0.15) is 22.8 Å². The van der Waals surface area contributed by atoms with Crippen molar-refractivity contribution in [2.24, 2.45) is 5.73 Å². The summed E-state index contributed by atoms with van der Waals surface area (Å²) >= 11 is 0. The molecule has 1 amide bonds. The third-order valence-electron chi connectivity index (χ3n) is 1.91. The highest BCUT2D eigenvalue weighted by atomic mass is 16.1. The van der Waals surface area contributed by atoms with E-state index < -0.39 is 5.91 Å². The van der Waals surface area contributed by atoms with E-state index in [9.17, 15) is 4.79 Å². The summed E-state index contributed by atoms with van der Waals surface area (Å²) in [5.74, 6) is 0.627. The predicted octanol–water partition coefficient (Wildman–Crippen LogP) is 1.91. The van der Waals surface area contributed by atoms with Gasteiger partial charge >= 0.3 is 0 Å². The molecule has 0 aromatic heterocycles. The molecule has 2 N–H and O–H groups in total. The van der Waals surface area contributed by atoms with Gasteiger partial charge in [-0.05, 0) is 17.7 Å². The maximum Gasteiger partial charge on any atom is 0.248 e. The summed E-state index contributed by atoms with van der Waals surface area (Å²) in [6.45, 7) is 5.60. The molecule has 1 radical (unpaired) electrons. The minimum atomic E-state index is -0.404. The van der Waals surface area contributed by atoms with Crippen molar-refractivity contribution in [3.63, 3.8) is 0 Å². The first kappa shape index (κ1) is 9.52. The smallest absolute Gasteiger partial charge is 0.248 e. The van der Waals surface area contributed by atoms with Crippen LogP contribution in [0.4, 0.5) is 0 Å². The fraction of sp³-hybridized carbons (Fsp3) is 0.0909. The van der Waals surface area contributed by atoms with Gasteiger partial charge in [-0.2, -0.15) is 0 Å². The molecule has 67 valence electrons. The second-order valence-corrected chi connectivity index (χ2v) is 2.83. The molecule has 0 fully saturated rings. The van der Waals surface area contributed by atoms with Gasteiger partial charge in [0.1, 0.15) is 0 Å². The van der Waals surface area contributed by atoms with E-state index in [1.807, 2.05) is 19.1 Å². The Morgan fingerprint density at radius 3 is 2.62 bits per heavy atom. The highest BCUT2D eigenvalue weighted by Crippen LogP contribution is 2.15. The molecule has 1 aromatic rings. The molecule has 0 spiro atoms. The van der Waals surface area contributed by atoms with Crippen LogP contribution in [-0.4, -0.2) is 5.91 Å². The van der Waals surface area contributed by atoms with Crippen LogP contribution in [0.5, 0.6) is 0 Å². The molecule has 0 saturated heterocycles. The number of carbonyl (C=O) groups excluding carboxylic acids is 1. The van der Waals surface area contributed by atoms with E-state index >= 15 is 0 Å². The van der Waals surface area contributed by atoms with Crippen LogP contribution in [0.2, 0.25) is 0 Å². The molecule has 1 aromatic carbocycles. The van der Waals surface area contributed by atoms with Gasteiger partial charge in [-0.25, -0.2) is 0 Å². The summed E-state index contributed by atoms with van der Waals surface area (Å²) < 4.78 is 0. The highest BCUT2D eigenvalue weighted by Gasteiger charge is 2.04. The average molecular weight is 174 g/mol. The van der Waals surface area contributed by atoms with Crippen molar-refractivity contribution in [3.8, 4) is 0 Å². The number of benzene rings is 1. The van der Waals surface area contributed by atoms with E-state index in [1.54, 1.807) is 18.2 Å². The van der Waals surface area contributed by atoms with Crippen LogP contribution >= 0.6 is 0 Å². The van der Waals surface area contributed by atoms with E-state index in [-0.39, 0.29) is 0 Å². The monoisotopic (exact) mass is 174 g/mol. The van der Waals surface area contributed by atoms with Crippen LogP contribution in [-0.2, 0) is 0 Å². The van der Waals surface area contributed by atoms with Crippen molar-refractivity contribution in [3.05, 3.63) is 54.0 Å². The van der Waals surface area contributed by atoms with E-state index in [2.05, 4.69) is 6.58 Å². The van der Waals surface area contributed by atoms with Gasteiger partial charge in [0.25, 0.3) is 0 Å². The Hall–Kier alpha value is -1.57. The number of allylic oxidation sites excluding steroid dienone is 1. The first-order chi connectivity index (χ1) is 6.15. The molecule has 0 saturated carbocycles. The molecule has 0 atom stereocenters. The Balaban J connectivity index is 3.04. The lowest BCUT2D eigenvalue weighted by molar-refractivity contribution is 0.100. The lowest BCUT2D eigenvalue weighted by Gasteiger charge is -2.05. The second-order valence-electron chi connectivity index (χ2n) is 2.83. The first-order valence-electron chi connectivity index (χ1n) is 4.01. The standard InChI is InChI=1S/C11H12NO/c1-3-8(2)9-5-4-6-10(7-9)11(12)13/h3-7H,1H2,2H3,(H2,12,13). The van der Waals surface area contributed by atoms with Crippen molar-refractivity contribution in [2.75, 3.05) is 0 Å². The summed E-state index contributed by atoms with van der Waals surface area (Å²) in [7, 11) is 0. The number of amides is 1.